The molecular formula is C21H23N3O2. The highest BCUT2D eigenvalue weighted by Crippen LogP contribution is 2.31. The van der Waals surface area contributed by atoms with Crippen molar-refractivity contribution in [2.45, 2.75) is 32.1 Å². The minimum atomic E-state index is 0.116. The van der Waals surface area contributed by atoms with E-state index in [1.54, 1.807) is 24.7 Å². The molecule has 26 heavy (non-hydrogen) atoms. The van der Waals surface area contributed by atoms with Gasteiger partial charge in [0.2, 0.25) is 0 Å². The van der Waals surface area contributed by atoms with E-state index in [0.717, 1.165) is 36.2 Å². The second-order valence-corrected chi connectivity index (χ2v) is 6.26. The number of hydrogen-bond donors (Lipinski definition) is 1. The van der Waals surface area contributed by atoms with Crippen LogP contribution in [0.25, 0.3) is 11.3 Å². The van der Waals surface area contributed by atoms with Gasteiger partial charge in [0.05, 0.1) is 12.8 Å². The van der Waals surface area contributed by atoms with Crippen LogP contribution in [0.4, 0.5) is 0 Å². The van der Waals surface area contributed by atoms with Crippen molar-refractivity contribution in [3.05, 3.63) is 66.4 Å². The van der Waals surface area contributed by atoms with Crippen molar-refractivity contribution in [3.63, 3.8) is 0 Å². The van der Waals surface area contributed by atoms with Crippen molar-refractivity contribution in [3.8, 4) is 22.8 Å². The first-order valence-corrected chi connectivity index (χ1v) is 8.79. The minimum absolute atomic E-state index is 0.116. The van der Waals surface area contributed by atoms with Gasteiger partial charge in [0.1, 0.15) is 6.33 Å². The van der Waals surface area contributed by atoms with Crippen molar-refractivity contribution in [2.24, 2.45) is 0 Å². The molecule has 2 aromatic heterocycles. The molecule has 3 rings (SSSR count). The van der Waals surface area contributed by atoms with Crippen molar-refractivity contribution in [2.75, 3.05) is 7.11 Å². The smallest absolute Gasteiger partial charge is 0.161 e. The van der Waals surface area contributed by atoms with Gasteiger partial charge in [-0.25, -0.2) is 9.97 Å². The molecule has 1 unspecified atom stereocenters. The Balaban J connectivity index is 1.86. The summed E-state index contributed by atoms with van der Waals surface area (Å²) in [7, 11) is 1.54. The Morgan fingerprint density at radius 3 is 2.77 bits per heavy atom. The molecule has 0 amide bonds. The average Bonchev–Trinajstić information content (AvgIpc) is 2.69. The number of aromatic nitrogens is 3. The van der Waals surface area contributed by atoms with E-state index in [-0.39, 0.29) is 5.75 Å². The Kier molecular flexibility index (Phi) is 5.79. The predicted octanol–water partition coefficient (Wildman–Crippen LogP) is 4.38. The molecule has 0 fully saturated rings. The summed E-state index contributed by atoms with van der Waals surface area (Å²) in [5.41, 5.74) is 3.93. The standard InChI is InChI=1S/C21H23N3O2/c1-3-5-15(17-6-4-9-22-13-17)10-18-12-19(24-14-23-18)16-7-8-20(25)21(11-16)26-2/h4,6-9,11-15,25H,3,5,10H2,1-2H3. The normalized spacial score (nSPS) is 11.9. The molecule has 0 saturated carbocycles. The van der Waals surface area contributed by atoms with Crippen LogP contribution >= 0.6 is 0 Å². The molecule has 134 valence electrons. The molecule has 5 nitrogen and oxygen atoms in total. The summed E-state index contributed by atoms with van der Waals surface area (Å²) in [5, 5.41) is 9.78. The zero-order valence-corrected chi connectivity index (χ0v) is 15.1. The highest BCUT2D eigenvalue weighted by molar-refractivity contribution is 5.63. The number of methoxy groups -OCH3 is 1. The average molecular weight is 349 g/mol. The van der Waals surface area contributed by atoms with Gasteiger partial charge in [-0.1, -0.05) is 19.4 Å². The first-order valence-electron chi connectivity index (χ1n) is 8.79. The van der Waals surface area contributed by atoms with E-state index in [2.05, 4.69) is 27.9 Å². The maximum atomic E-state index is 9.78. The third kappa shape index (κ3) is 4.17. The van der Waals surface area contributed by atoms with Crippen LogP contribution in [0, 0.1) is 0 Å². The molecule has 0 bridgehead atoms. The molecule has 0 spiro atoms. The van der Waals surface area contributed by atoms with Crippen molar-refractivity contribution < 1.29 is 9.84 Å². The number of hydrogen-bond acceptors (Lipinski definition) is 5. The van der Waals surface area contributed by atoms with Gasteiger partial charge >= 0.3 is 0 Å². The van der Waals surface area contributed by atoms with Crippen LogP contribution in [-0.4, -0.2) is 27.2 Å². The minimum Gasteiger partial charge on any atom is -0.504 e. The molecule has 0 radical (unpaired) electrons. The Bertz CT molecular complexity index is 853. The molecule has 1 aromatic carbocycles. The number of rotatable bonds is 7. The topological polar surface area (TPSA) is 68.1 Å². The van der Waals surface area contributed by atoms with E-state index in [1.165, 1.54) is 12.7 Å². The monoisotopic (exact) mass is 349 g/mol. The van der Waals surface area contributed by atoms with Gasteiger partial charge in [0, 0.05) is 23.7 Å². The summed E-state index contributed by atoms with van der Waals surface area (Å²) in [6, 6.07) is 11.3. The number of phenolic OH excluding ortho intramolecular Hbond substituents is 1. The summed E-state index contributed by atoms with van der Waals surface area (Å²) in [6.45, 7) is 2.19. The highest BCUT2D eigenvalue weighted by Gasteiger charge is 2.14. The van der Waals surface area contributed by atoms with Crippen molar-refractivity contribution in [1.82, 2.24) is 15.0 Å². The molecule has 1 atom stereocenters. The second-order valence-electron chi connectivity index (χ2n) is 6.26. The van der Waals surface area contributed by atoms with Crippen LogP contribution in [0.1, 0.15) is 36.9 Å². The Hall–Kier alpha value is -2.95. The highest BCUT2D eigenvalue weighted by atomic mass is 16.5. The number of nitrogens with zero attached hydrogens (tertiary/aromatic N) is 3. The first-order chi connectivity index (χ1) is 12.7. The van der Waals surface area contributed by atoms with Gasteiger partial charge in [-0.05, 0) is 54.7 Å². The lowest BCUT2D eigenvalue weighted by atomic mass is 9.91. The van der Waals surface area contributed by atoms with Gasteiger partial charge in [-0.3, -0.25) is 4.98 Å². The molecule has 0 saturated heterocycles. The molecule has 3 aromatic rings. The van der Waals surface area contributed by atoms with E-state index < -0.39 is 0 Å². The molecule has 0 aliphatic heterocycles. The van der Waals surface area contributed by atoms with Crippen molar-refractivity contribution in [1.29, 1.82) is 0 Å². The predicted molar refractivity (Wildman–Crippen MR) is 101 cm³/mol. The molecular weight excluding hydrogens is 326 g/mol. The first kappa shape index (κ1) is 17.9. The van der Waals surface area contributed by atoms with Crippen LogP contribution in [0.3, 0.4) is 0 Å². The maximum absolute atomic E-state index is 9.78. The largest absolute Gasteiger partial charge is 0.504 e. The summed E-state index contributed by atoms with van der Waals surface area (Å²) in [4.78, 5) is 13.1. The van der Waals surface area contributed by atoms with Crippen LogP contribution in [0.15, 0.2) is 55.1 Å². The quantitative estimate of drug-likeness (QED) is 0.685. The SMILES string of the molecule is CCCC(Cc1cc(-c2ccc(O)c(OC)c2)ncn1)c1cccnc1. The zero-order chi connectivity index (χ0) is 18.4. The number of benzene rings is 1. The van der Waals surface area contributed by atoms with Gasteiger partial charge < -0.3 is 9.84 Å². The fraction of sp³-hybridized carbons (Fsp3) is 0.286. The summed E-state index contributed by atoms with van der Waals surface area (Å²) >= 11 is 0. The van der Waals surface area contributed by atoms with Gasteiger partial charge in [0.25, 0.3) is 0 Å². The van der Waals surface area contributed by atoms with Crippen LogP contribution in [0.2, 0.25) is 0 Å². The van der Waals surface area contributed by atoms with Crippen LogP contribution in [0.5, 0.6) is 11.5 Å². The third-order valence-electron chi connectivity index (χ3n) is 4.45. The summed E-state index contributed by atoms with van der Waals surface area (Å²) in [5.74, 6) is 0.929. The number of phenols is 1. The molecule has 0 aliphatic rings. The van der Waals surface area contributed by atoms with Crippen LogP contribution < -0.4 is 4.74 Å². The van der Waals surface area contributed by atoms with E-state index >= 15 is 0 Å². The van der Waals surface area contributed by atoms with Crippen molar-refractivity contribution >= 4 is 0 Å². The lowest BCUT2D eigenvalue weighted by Crippen LogP contribution is -2.05. The van der Waals surface area contributed by atoms with Gasteiger partial charge in [-0.2, -0.15) is 0 Å². The van der Waals surface area contributed by atoms with Gasteiger partial charge in [-0.15, -0.1) is 0 Å². The van der Waals surface area contributed by atoms with E-state index in [0.29, 0.717) is 11.7 Å². The lowest BCUT2D eigenvalue weighted by Gasteiger charge is -2.16. The summed E-state index contributed by atoms with van der Waals surface area (Å²) in [6.07, 6.45) is 8.35. The fourth-order valence-corrected chi connectivity index (χ4v) is 3.11. The van der Waals surface area contributed by atoms with E-state index in [4.69, 9.17) is 4.74 Å². The maximum Gasteiger partial charge on any atom is 0.161 e. The zero-order valence-electron chi connectivity index (χ0n) is 15.1. The lowest BCUT2D eigenvalue weighted by molar-refractivity contribution is 0.373. The van der Waals surface area contributed by atoms with Crippen LogP contribution in [-0.2, 0) is 6.42 Å². The van der Waals surface area contributed by atoms with E-state index in [1.807, 2.05) is 24.4 Å². The third-order valence-corrected chi connectivity index (χ3v) is 4.45. The summed E-state index contributed by atoms with van der Waals surface area (Å²) < 4.78 is 5.19. The fourth-order valence-electron chi connectivity index (χ4n) is 3.11. The Morgan fingerprint density at radius 2 is 2.04 bits per heavy atom. The van der Waals surface area contributed by atoms with Gasteiger partial charge in [0.15, 0.2) is 11.5 Å². The molecule has 5 heteroatoms. The number of ether oxygens (including phenoxy) is 1. The van der Waals surface area contributed by atoms with E-state index in [9.17, 15) is 5.11 Å². The molecule has 2 heterocycles. The number of aromatic hydroxyl groups is 1. The molecule has 0 aliphatic carbocycles. The Labute approximate surface area is 153 Å². The number of pyridine rings is 1. The Morgan fingerprint density at radius 1 is 1.15 bits per heavy atom. The second kappa shape index (κ2) is 8.43. The molecule has 1 N–H and O–H groups in total.